The Bertz CT molecular complexity index is 590. The van der Waals surface area contributed by atoms with Gasteiger partial charge in [-0.2, -0.15) is 0 Å². The van der Waals surface area contributed by atoms with Gasteiger partial charge in [0.05, 0.1) is 17.5 Å². The van der Waals surface area contributed by atoms with Crippen molar-refractivity contribution in [3.8, 4) is 0 Å². The molecule has 0 aliphatic heterocycles. The highest BCUT2D eigenvalue weighted by Gasteiger charge is 2.28. The van der Waals surface area contributed by atoms with Crippen LogP contribution in [0.3, 0.4) is 0 Å². The molecule has 7 nitrogen and oxygen atoms in total. The summed E-state index contributed by atoms with van der Waals surface area (Å²) in [7, 11) is 0. The Morgan fingerprint density at radius 1 is 1.63 bits per heavy atom. The summed E-state index contributed by atoms with van der Waals surface area (Å²) < 4.78 is 1.80. The first kappa shape index (κ1) is 12.5. The van der Waals surface area contributed by atoms with E-state index in [0.717, 1.165) is 18.5 Å². The molecule has 2 heterocycles. The van der Waals surface area contributed by atoms with Crippen molar-refractivity contribution in [1.82, 2.24) is 25.2 Å². The van der Waals surface area contributed by atoms with Gasteiger partial charge in [0, 0.05) is 5.38 Å². The number of nitrogens with one attached hydrogen (secondary N) is 1. The largest absolute Gasteiger partial charge is 0.301 e. The van der Waals surface area contributed by atoms with Gasteiger partial charge in [-0.25, -0.2) is 9.67 Å². The van der Waals surface area contributed by atoms with E-state index < -0.39 is 0 Å². The zero-order valence-corrected chi connectivity index (χ0v) is 11.9. The third-order valence-electron chi connectivity index (χ3n) is 2.55. The molecular formula is C10H12N6OS2. The van der Waals surface area contributed by atoms with Gasteiger partial charge in [0.2, 0.25) is 11.1 Å². The van der Waals surface area contributed by atoms with Crippen molar-refractivity contribution >= 4 is 34.1 Å². The van der Waals surface area contributed by atoms with Crippen molar-refractivity contribution in [2.24, 2.45) is 0 Å². The van der Waals surface area contributed by atoms with Crippen LogP contribution in [0, 0.1) is 6.92 Å². The van der Waals surface area contributed by atoms with Crippen molar-refractivity contribution in [2.45, 2.75) is 31.0 Å². The van der Waals surface area contributed by atoms with Crippen LogP contribution in [0.2, 0.25) is 0 Å². The van der Waals surface area contributed by atoms with Crippen LogP contribution >= 0.6 is 23.1 Å². The monoisotopic (exact) mass is 296 g/mol. The predicted octanol–water partition coefficient (Wildman–Crippen LogP) is 1.50. The molecule has 9 heteroatoms. The minimum atomic E-state index is -0.0929. The lowest BCUT2D eigenvalue weighted by Crippen LogP contribution is -2.14. The van der Waals surface area contributed by atoms with E-state index in [1.165, 1.54) is 23.1 Å². The molecule has 1 amide bonds. The van der Waals surface area contributed by atoms with Crippen molar-refractivity contribution in [1.29, 1.82) is 0 Å². The molecular weight excluding hydrogens is 284 g/mol. The van der Waals surface area contributed by atoms with Crippen LogP contribution in [0.15, 0.2) is 10.5 Å². The molecule has 2 aromatic heterocycles. The fraction of sp³-hybridized carbons (Fsp3) is 0.500. The van der Waals surface area contributed by atoms with Gasteiger partial charge in [-0.15, -0.1) is 16.4 Å². The normalized spacial score (nSPS) is 14.6. The van der Waals surface area contributed by atoms with Crippen LogP contribution in [0.4, 0.5) is 5.13 Å². The molecule has 0 saturated heterocycles. The maximum atomic E-state index is 11.8. The van der Waals surface area contributed by atoms with E-state index in [-0.39, 0.29) is 11.7 Å². The Morgan fingerprint density at radius 2 is 2.47 bits per heavy atom. The number of thiazole rings is 1. The van der Waals surface area contributed by atoms with Gasteiger partial charge in [0.1, 0.15) is 0 Å². The van der Waals surface area contributed by atoms with Crippen LogP contribution < -0.4 is 5.32 Å². The maximum absolute atomic E-state index is 11.8. The molecule has 1 N–H and O–H groups in total. The summed E-state index contributed by atoms with van der Waals surface area (Å²) >= 11 is 2.77. The molecule has 1 saturated carbocycles. The third-order valence-corrected chi connectivity index (χ3v) is 4.36. The van der Waals surface area contributed by atoms with E-state index in [4.69, 9.17) is 0 Å². The van der Waals surface area contributed by atoms with E-state index in [1.807, 2.05) is 12.3 Å². The average molecular weight is 296 g/mol. The number of thioether (sulfide) groups is 1. The summed E-state index contributed by atoms with van der Waals surface area (Å²) in [5, 5.41) is 17.5. The summed E-state index contributed by atoms with van der Waals surface area (Å²) in [6, 6.07) is 0.419. The molecule has 3 rings (SSSR count). The van der Waals surface area contributed by atoms with E-state index in [9.17, 15) is 4.79 Å². The molecule has 1 fully saturated rings. The summed E-state index contributed by atoms with van der Waals surface area (Å²) in [4.78, 5) is 16.0. The molecule has 1 aliphatic carbocycles. The number of carbonyl (C=O) groups is 1. The topological polar surface area (TPSA) is 85.6 Å². The highest BCUT2D eigenvalue weighted by atomic mass is 32.2. The van der Waals surface area contributed by atoms with E-state index in [0.29, 0.717) is 16.3 Å². The lowest BCUT2D eigenvalue weighted by Gasteiger charge is -2.02. The number of carbonyl (C=O) groups excluding carboxylic acids is 1. The number of amides is 1. The highest BCUT2D eigenvalue weighted by Crippen LogP contribution is 2.36. The molecule has 100 valence electrons. The molecule has 0 aromatic carbocycles. The van der Waals surface area contributed by atoms with Crippen molar-refractivity contribution < 1.29 is 4.79 Å². The summed E-state index contributed by atoms with van der Waals surface area (Å²) in [5.41, 5.74) is 0.908. The zero-order chi connectivity index (χ0) is 13.2. The van der Waals surface area contributed by atoms with Crippen LogP contribution in [-0.2, 0) is 4.79 Å². The zero-order valence-electron chi connectivity index (χ0n) is 10.2. The molecule has 0 bridgehead atoms. The Balaban J connectivity index is 1.54. The maximum Gasteiger partial charge on any atom is 0.236 e. The number of aromatic nitrogens is 5. The highest BCUT2D eigenvalue weighted by molar-refractivity contribution is 7.99. The standard InChI is InChI=1S/C10H12N6OS2/c1-6-4-18-9(11-6)12-8(17)5-19-10-13-14-15-16(10)7-2-3-7/h4,7H,2-3,5H2,1H3,(H,11,12,17). The lowest BCUT2D eigenvalue weighted by molar-refractivity contribution is -0.113. The number of rotatable bonds is 5. The number of anilines is 1. The van der Waals surface area contributed by atoms with Gasteiger partial charge < -0.3 is 5.32 Å². The second kappa shape index (κ2) is 5.25. The van der Waals surface area contributed by atoms with Gasteiger partial charge in [-0.1, -0.05) is 11.8 Å². The van der Waals surface area contributed by atoms with Crippen LogP contribution in [0.5, 0.6) is 0 Å². The minimum Gasteiger partial charge on any atom is -0.301 e. The first-order chi connectivity index (χ1) is 9.22. The number of hydrogen-bond acceptors (Lipinski definition) is 7. The molecule has 0 spiro atoms. The van der Waals surface area contributed by atoms with Crippen LogP contribution in [0.1, 0.15) is 24.6 Å². The number of aryl methyl sites for hydroxylation is 1. The molecule has 0 unspecified atom stereocenters. The van der Waals surface area contributed by atoms with Gasteiger partial charge in [-0.3, -0.25) is 4.79 Å². The Kier molecular flexibility index (Phi) is 3.47. The summed E-state index contributed by atoms with van der Waals surface area (Å²) in [5.74, 6) is 0.191. The fourth-order valence-corrected chi connectivity index (χ4v) is 2.97. The van der Waals surface area contributed by atoms with E-state index >= 15 is 0 Å². The molecule has 0 atom stereocenters. The quantitative estimate of drug-likeness (QED) is 0.842. The van der Waals surface area contributed by atoms with E-state index in [2.05, 4.69) is 25.8 Å². The second-order valence-corrected chi connectivity index (χ2v) is 6.07. The second-order valence-electron chi connectivity index (χ2n) is 4.27. The fourth-order valence-electron chi connectivity index (χ4n) is 1.53. The first-order valence-electron chi connectivity index (χ1n) is 5.85. The average Bonchev–Trinajstić information content (AvgIpc) is 2.98. The minimum absolute atomic E-state index is 0.0929. The van der Waals surface area contributed by atoms with Gasteiger partial charge in [0.15, 0.2) is 5.13 Å². The molecule has 0 radical (unpaired) electrons. The molecule has 2 aromatic rings. The summed E-state index contributed by atoms with van der Waals surface area (Å²) in [6.45, 7) is 1.89. The smallest absolute Gasteiger partial charge is 0.236 e. The van der Waals surface area contributed by atoms with Gasteiger partial charge in [0.25, 0.3) is 0 Å². The Hall–Kier alpha value is -1.48. The van der Waals surface area contributed by atoms with Crippen molar-refractivity contribution in [2.75, 3.05) is 11.1 Å². The number of hydrogen-bond donors (Lipinski definition) is 1. The van der Waals surface area contributed by atoms with Crippen LogP contribution in [-0.4, -0.2) is 36.9 Å². The van der Waals surface area contributed by atoms with E-state index in [1.54, 1.807) is 4.68 Å². The molecule has 1 aliphatic rings. The lowest BCUT2D eigenvalue weighted by atomic mass is 10.6. The van der Waals surface area contributed by atoms with Gasteiger partial charge >= 0.3 is 0 Å². The SMILES string of the molecule is Cc1csc(NC(=O)CSc2nnnn2C2CC2)n1. The predicted molar refractivity (Wildman–Crippen MR) is 72.3 cm³/mol. The molecule has 19 heavy (non-hydrogen) atoms. The summed E-state index contributed by atoms with van der Waals surface area (Å²) in [6.07, 6.45) is 2.23. The van der Waals surface area contributed by atoms with Crippen molar-refractivity contribution in [3.05, 3.63) is 11.1 Å². The Labute approximate surface area is 117 Å². The first-order valence-corrected chi connectivity index (χ1v) is 7.71. The van der Waals surface area contributed by atoms with Crippen molar-refractivity contribution in [3.63, 3.8) is 0 Å². The third kappa shape index (κ3) is 3.10. The van der Waals surface area contributed by atoms with Gasteiger partial charge in [-0.05, 0) is 30.2 Å². The Morgan fingerprint density at radius 3 is 3.16 bits per heavy atom. The number of tetrazole rings is 1. The number of nitrogens with zero attached hydrogens (tertiary/aromatic N) is 5. The van der Waals surface area contributed by atoms with Crippen LogP contribution in [0.25, 0.3) is 0 Å².